The molecule has 1 aromatic heterocycles. The predicted molar refractivity (Wildman–Crippen MR) is 100 cm³/mol. The van der Waals surface area contributed by atoms with Crippen LogP contribution in [0.2, 0.25) is 0 Å². The molecule has 0 unspecified atom stereocenters. The number of anilines is 1. The van der Waals surface area contributed by atoms with Gasteiger partial charge in [0.1, 0.15) is 5.82 Å². The molecule has 0 fully saturated rings. The number of aliphatic hydroxyl groups excluding tert-OH is 1. The SMILES string of the molecule is CCN(CCO)C(=O)Nc1c(C)c(C(C)(C)C)nn1-c1ccccc1. The molecule has 0 bridgehead atoms. The lowest BCUT2D eigenvalue weighted by Crippen LogP contribution is -2.37. The van der Waals surface area contributed by atoms with Crippen LogP contribution in [0.1, 0.15) is 39.0 Å². The molecule has 0 spiro atoms. The van der Waals surface area contributed by atoms with E-state index in [2.05, 4.69) is 26.1 Å². The minimum atomic E-state index is -0.239. The average molecular weight is 344 g/mol. The van der Waals surface area contributed by atoms with Crippen molar-refractivity contribution < 1.29 is 9.90 Å². The summed E-state index contributed by atoms with van der Waals surface area (Å²) < 4.78 is 1.78. The van der Waals surface area contributed by atoms with E-state index in [1.165, 1.54) is 0 Å². The van der Waals surface area contributed by atoms with Crippen LogP contribution in [0.15, 0.2) is 30.3 Å². The van der Waals surface area contributed by atoms with Crippen molar-refractivity contribution in [1.29, 1.82) is 0 Å². The third-order valence-electron chi connectivity index (χ3n) is 4.10. The van der Waals surface area contributed by atoms with E-state index in [1.807, 2.05) is 44.2 Å². The van der Waals surface area contributed by atoms with Gasteiger partial charge in [-0.15, -0.1) is 0 Å². The highest BCUT2D eigenvalue weighted by Crippen LogP contribution is 2.31. The lowest BCUT2D eigenvalue weighted by molar-refractivity contribution is 0.192. The number of nitrogens with zero attached hydrogens (tertiary/aromatic N) is 3. The molecular formula is C19H28N4O2. The molecule has 6 nitrogen and oxygen atoms in total. The topological polar surface area (TPSA) is 70.4 Å². The summed E-state index contributed by atoms with van der Waals surface area (Å²) in [6.45, 7) is 10.9. The summed E-state index contributed by atoms with van der Waals surface area (Å²) >= 11 is 0. The van der Waals surface area contributed by atoms with Gasteiger partial charge in [0.2, 0.25) is 0 Å². The number of rotatable bonds is 5. The number of urea groups is 1. The largest absolute Gasteiger partial charge is 0.395 e. The van der Waals surface area contributed by atoms with Crippen LogP contribution in [-0.2, 0) is 5.41 Å². The van der Waals surface area contributed by atoms with Crippen molar-refractivity contribution in [2.45, 2.75) is 40.0 Å². The Morgan fingerprint density at radius 2 is 1.92 bits per heavy atom. The van der Waals surface area contributed by atoms with Crippen molar-refractivity contribution in [3.63, 3.8) is 0 Å². The van der Waals surface area contributed by atoms with E-state index < -0.39 is 0 Å². The molecule has 2 N–H and O–H groups in total. The smallest absolute Gasteiger partial charge is 0.323 e. The predicted octanol–water partition coefficient (Wildman–Crippen LogP) is 3.32. The Morgan fingerprint density at radius 1 is 1.28 bits per heavy atom. The van der Waals surface area contributed by atoms with E-state index in [0.29, 0.717) is 18.9 Å². The van der Waals surface area contributed by atoms with E-state index in [-0.39, 0.29) is 18.1 Å². The number of benzene rings is 1. The zero-order valence-electron chi connectivity index (χ0n) is 15.7. The normalized spacial score (nSPS) is 11.4. The zero-order valence-corrected chi connectivity index (χ0v) is 15.7. The number of likely N-dealkylation sites (N-methyl/N-ethyl adjacent to an activating group) is 1. The van der Waals surface area contributed by atoms with E-state index in [1.54, 1.807) is 9.58 Å². The third kappa shape index (κ3) is 4.20. The fraction of sp³-hybridized carbons (Fsp3) is 0.474. The van der Waals surface area contributed by atoms with Crippen molar-refractivity contribution in [2.24, 2.45) is 0 Å². The van der Waals surface area contributed by atoms with Gasteiger partial charge in [0.15, 0.2) is 0 Å². The van der Waals surface area contributed by atoms with Gasteiger partial charge in [0.25, 0.3) is 0 Å². The first-order chi connectivity index (χ1) is 11.8. The number of nitrogens with one attached hydrogen (secondary N) is 1. The van der Waals surface area contributed by atoms with Gasteiger partial charge in [-0.05, 0) is 26.0 Å². The van der Waals surface area contributed by atoms with E-state index in [4.69, 9.17) is 10.2 Å². The lowest BCUT2D eigenvalue weighted by atomic mass is 9.90. The molecule has 0 saturated heterocycles. The van der Waals surface area contributed by atoms with Gasteiger partial charge in [0.05, 0.1) is 18.0 Å². The average Bonchev–Trinajstić information content (AvgIpc) is 2.90. The molecule has 0 aliphatic rings. The Bertz CT molecular complexity index is 717. The van der Waals surface area contributed by atoms with Crippen LogP contribution in [0, 0.1) is 6.92 Å². The summed E-state index contributed by atoms with van der Waals surface area (Å²) in [6, 6.07) is 9.51. The molecule has 0 aliphatic carbocycles. The maximum Gasteiger partial charge on any atom is 0.323 e. The van der Waals surface area contributed by atoms with Crippen LogP contribution >= 0.6 is 0 Å². The Kier molecular flexibility index (Phi) is 5.85. The molecular weight excluding hydrogens is 316 g/mol. The van der Waals surface area contributed by atoms with Crippen LogP contribution in [-0.4, -0.2) is 45.5 Å². The third-order valence-corrected chi connectivity index (χ3v) is 4.10. The van der Waals surface area contributed by atoms with Gasteiger partial charge in [-0.3, -0.25) is 5.32 Å². The van der Waals surface area contributed by atoms with E-state index in [9.17, 15) is 4.79 Å². The van der Waals surface area contributed by atoms with Crippen LogP contribution < -0.4 is 5.32 Å². The summed E-state index contributed by atoms with van der Waals surface area (Å²) in [7, 11) is 0. The van der Waals surface area contributed by atoms with Crippen LogP contribution in [0.25, 0.3) is 5.69 Å². The molecule has 2 rings (SSSR count). The highest BCUT2D eigenvalue weighted by atomic mass is 16.3. The first-order valence-corrected chi connectivity index (χ1v) is 8.62. The Morgan fingerprint density at radius 3 is 2.44 bits per heavy atom. The summed E-state index contributed by atoms with van der Waals surface area (Å²) in [6.07, 6.45) is 0. The highest BCUT2D eigenvalue weighted by molar-refractivity contribution is 5.89. The summed E-state index contributed by atoms with van der Waals surface area (Å²) in [5.41, 5.74) is 2.64. The summed E-state index contributed by atoms with van der Waals surface area (Å²) in [4.78, 5) is 14.2. The highest BCUT2D eigenvalue weighted by Gasteiger charge is 2.26. The number of aromatic nitrogens is 2. The number of hydrogen-bond acceptors (Lipinski definition) is 3. The van der Waals surface area contributed by atoms with Gasteiger partial charge < -0.3 is 10.0 Å². The van der Waals surface area contributed by atoms with Gasteiger partial charge >= 0.3 is 6.03 Å². The van der Waals surface area contributed by atoms with Crippen molar-refractivity contribution in [3.8, 4) is 5.69 Å². The number of carbonyl (C=O) groups is 1. The second-order valence-electron chi connectivity index (χ2n) is 7.05. The van der Waals surface area contributed by atoms with Gasteiger partial charge in [0, 0.05) is 24.1 Å². The Hall–Kier alpha value is -2.34. The van der Waals surface area contributed by atoms with E-state index in [0.717, 1.165) is 16.9 Å². The molecule has 6 heteroatoms. The molecule has 2 amide bonds. The minimum Gasteiger partial charge on any atom is -0.395 e. The Balaban J connectivity index is 2.48. The number of amides is 2. The number of hydrogen-bond donors (Lipinski definition) is 2. The van der Waals surface area contributed by atoms with Crippen LogP contribution in [0.4, 0.5) is 10.6 Å². The summed E-state index contributed by atoms with van der Waals surface area (Å²) in [5.74, 6) is 0.664. The van der Waals surface area contributed by atoms with Gasteiger partial charge in [-0.1, -0.05) is 39.0 Å². The quantitative estimate of drug-likeness (QED) is 0.874. The molecule has 1 heterocycles. The standard InChI is InChI=1S/C19H28N4O2/c1-6-22(12-13-24)18(25)20-17-14(2)16(19(3,4)5)21-23(17)15-10-8-7-9-11-15/h7-11,24H,6,12-13H2,1-5H3,(H,20,25). The maximum atomic E-state index is 12.6. The molecule has 136 valence electrons. The molecule has 0 saturated carbocycles. The molecule has 0 radical (unpaired) electrons. The fourth-order valence-electron chi connectivity index (χ4n) is 2.82. The number of aliphatic hydroxyl groups is 1. The second kappa shape index (κ2) is 7.70. The second-order valence-corrected chi connectivity index (χ2v) is 7.05. The van der Waals surface area contributed by atoms with Crippen molar-refractivity contribution in [1.82, 2.24) is 14.7 Å². The van der Waals surface area contributed by atoms with Crippen molar-refractivity contribution >= 4 is 11.8 Å². The Labute approximate surface area is 149 Å². The van der Waals surface area contributed by atoms with Crippen molar-refractivity contribution in [3.05, 3.63) is 41.6 Å². The molecule has 0 atom stereocenters. The number of carbonyl (C=O) groups excluding carboxylic acids is 1. The molecule has 1 aromatic carbocycles. The summed E-state index contributed by atoms with van der Waals surface area (Å²) in [5, 5.41) is 16.9. The zero-order chi connectivity index (χ0) is 18.6. The fourth-order valence-corrected chi connectivity index (χ4v) is 2.82. The van der Waals surface area contributed by atoms with E-state index >= 15 is 0 Å². The van der Waals surface area contributed by atoms with Gasteiger partial charge in [-0.2, -0.15) is 5.10 Å². The molecule has 25 heavy (non-hydrogen) atoms. The van der Waals surface area contributed by atoms with Crippen LogP contribution in [0.5, 0.6) is 0 Å². The first-order valence-electron chi connectivity index (χ1n) is 8.62. The van der Waals surface area contributed by atoms with Gasteiger partial charge in [-0.25, -0.2) is 9.48 Å². The first kappa shape index (κ1) is 19.0. The monoisotopic (exact) mass is 344 g/mol. The minimum absolute atomic E-state index is 0.0641. The van der Waals surface area contributed by atoms with Crippen LogP contribution in [0.3, 0.4) is 0 Å². The maximum absolute atomic E-state index is 12.6. The lowest BCUT2D eigenvalue weighted by Gasteiger charge is -2.21. The molecule has 2 aromatic rings. The van der Waals surface area contributed by atoms with Crippen molar-refractivity contribution in [2.75, 3.05) is 25.0 Å². The molecule has 0 aliphatic heterocycles. The number of para-hydroxylation sites is 1.